The van der Waals surface area contributed by atoms with Crippen molar-refractivity contribution in [1.29, 1.82) is 0 Å². The Morgan fingerprint density at radius 2 is 1.67 bits per heavy atom. The van der Waals surface area contributed by atoms with Crippen LogP contribution >= 0.6 is 0 Å². The van der Waals surface area contributed by atoms with Gasteiger partial charge in [-0.25, -0.2) is 4.79 Å². The monoisotopic (exact) mass is 371 g/mol. The normalized spacial score (nSPS) is 19.1. The number of urea groups is 1. The summed E-state index contributed by atoms with van der Waals surface area (Å²) in [6.07, 6.45) is 6.94. The second kappa shape index (κ2) is 8.11. The third-order valence-electron chi connectivity index (χ3n) is 5.77. The van der Waals surface area contributed by atoms with Crippen molar-refractivity contribution in [2.75, 3.05) is 11.9 Å². The molecule has 1 saturated heterocycles. The van der Waals surface area contributed by atoms with E-state index < -0.39 is 11.6 Å². The fourth-order valence-corrected chi connectivity index (χ4v) is 4.22. The van der Waals surface area contributed by atoms with Crippen LogP contribution in [0.5, 0.6) is 0 Å². The summed E-state index contributed by atoms with van der Waals surface area (Å²) in [6.45, 7) is 3.84. The highest BCUT2D eigenvalue weighted by atomic mass is 16.2. The molecule has 6 nitrogen and oxygen atoms in total. The minimum Gasteiger partial charge on any atom is -0.324 e. The van der Waals surface area contributed by atoms with Gasteiger partial charge in [-0.1, -0.05) is 57.7 Å². The first-order valence-corrected chi connectivity index (χ1v) is 10.1. The molecular formula is C21H29N3O3. The van der Waals surface area contributed by atoms with Gasteiger partial charge in [-0.05, 0) is 36.8 Å². The van der Waals surface area contributed by atoms with Crippen molar-refractivity contribution in [3.63, 3.8) is 0 Å². The zero-order valence-electron chi connectivity index (χ0n) is 16.3. The van der Waals surface area contributed by atoms with Gasteiger partial charge in [-0.2, -0.15) is 0 Å². The number of nitrogens with zero attached hydrogens (tertiary/aromatic N) is 1. The van der Waals surface area contributed by atoms with Gasteiger partial charge in [-0.3, -0.25) is 14.5 Å². The number of amides is 4. The fraction of sp³-hybridized carbons (Fsp3) is 0.571. The van der Waals surface area contributed by atoms with Crippen LogP contribution in [-0.2, 0) is 22.4 Å². The number of carbonyl (C=O) groups excluding carboxylic acids is 3. The van der Waals surface area contributed by atoms with Gasteiger partial charge in [0, 0.05) is 5.69 Å². The van der Waals surface area contributed by atoms with Gasteiger partial charge in [0.05, 0.1) is 0 Å². The van der Waals surface area contributed by atoms with E-state index in [9.17, 15) is 14.4 Å². The van der Waals surface area contributed by atoms with Gasteiger partial charge in [0.25, 0.3) is 5.91 Å². The predicted molar refractivity (Wildman–Crippen MR) is 105 cm³/mol. The van der Waals surface area contributed by atoms with Crippen molar-refractivity contribution in [2.24, 2.45) is 0 Å². The first kappa shape index (κ1) is 19.4. The third kappa shape index (κ3) is 3.84. The van der Waals surface area contributed by atoms with Crippen molar-refractivity contribution >= 4 is 23.5 Å². The van der Waals surface area contributed by atoms with Crippen molar-refractivity contribution in [2.45, 2.75) is 70.8 Å². The summed E-state index contributed by atoms with van der Waals surface area (Å²) in [5.41, 5.74) is 2.12. The molecule has 2 aliphatic rings. The molecular weight excluding hydrogens is 342 g/mol. The van der Waals surface area contributed by atoms with Crippen molar-refractivity contribution in [1.82, 2.24) is 10.2 Å². The molecule has 4 amide bonds. The van der Waals surface area contributed by atoms with Crippen LogP contribution in [0.15, 0.2) is 18.2 Å². The largest absolute Gasteiger partial charge is 0.325 e. The van der Waals surface area contributed by atoms with E-state index in [1.165, 1.54) is 0 Å². The van der Waals surface area contributed by atoms with Crippen LogP contribution in [0.4, 0.5) is 10.5 Å². The summed E-state index contributed by atoms with van der Waals surface area (Å²) in [5, 5.41) is 5.82. The first-order valence-electron chi connectivity index (χ1n) is 10.1. The number of imide groups is 1. The zero-order chi connectivity index (χ0) is 19.4. The second-order valence-corrected chi connectivity index (χ2v) is 7.52. The summed E-state index contributed by atoms with van der Waals surface area (Å²) in [7, 11) is 0. The molecule has 0 bridgehead atoms. The van der Waals surface area contributed by atoms with Gasteiger partial charge in [-0.15, -0.1) is 0 Å². The molecule has 1 saturated carbocycles. The van der Waals surface area contributed by atoms with E-state index in [0.29, 0.717) is 12.8 Å². The Morgan fingerprint density at radius 3 is 2.22 bits per heavy atom. The lowest BCUT2D eigenvalue weighted by Crippen LogP contribution is -2.47. The second-order valence-electron chi connectivity index (χ2n) is 7.52. The topological polar surface area (TPSA) is 78.5 Å². The van der Waals surface area contributed by atoms with E-state index in [1.54, 1.807) is 0 Å². The summed E-state index contributed by atoms with van der Waals surface area (Å²) < 4.78 is 0. The Bertz CT molecular complexity index is 714. The summed E-state index contributed by atoms with van der Waals surface area (Å²) in [6, 6.07) is 5.52. The average molecular weight is 371 g/mol. The molecule has 1 heterocycles. The number of para-hydroxylation sites is 1. The SMILES string of the molecule is CCc1cccc(CC)c1NC(=O)CN1C(=O)NC2(CCCCCC2)C1=O. The number of benzene rings is 1. The Balaban J connectivity index is 1.73. The van der Waals surface area contributed by atoms with Crippen LogP contribution in [0.3, 0.4) is 0 Å². The quantitative estimate of drug-likeness (QED) is 0.779. The number of carbonyl (C=O) groups is 3. The Morgan fingerprint density at radius 1 is 1.07 bits per heavy atom. The molecule has 6 heteroatoms. The number of nitrogens with one attached hydrogen (secondary N) is 2. The Kier molecular flexibility index (Phi) is 5.82. The maximum absolute atomic E-state index is 12.9. The standard InChI is InChI=1S/C21H29N3O3/c1-3-15-10-9-11-16(4-2)18(15)22-17(25)14-24-19(26)21(23-20(24)27)12-7-5-6-8-13-21/h9-11H,3-8,12-14H2,1-2H3,(H,22,25)(H,23,27). The molecule has 2 N–H and O–H groups in total. The third-order valence-corrected chi connectivity index (χ3v) is 5.77. The summed E-state index contributed by atoms with van der Waals surface area (Å²) in [4.78, 5) is 39.1. The van der Waals surface area contributed by atoms with E-state index in [1.807, 2.05) is 32.0 Å². The maximum Gasteiger partial charge on any atom is 0.325 e. The van der Waals surface area contributed by atoms with Crippen molar-refractivity contribution < 1.29 is 14.4 Å². The summed E-state index contributed by atoms with van der Waals surface area (Å²) in [5.74, 6) is -0.580. The number of rotatable bonds is 5. The van der Waals surface area contributed by atoms with Crippen LogP contribution in [0, 0.1) is 0 Å². The van der Waals surface area contributed by atoms with Crippen LogP contribution in [-0.4, -0.2) is 34.8 Å². The Hall–Kier alpha value is -2.37. The predicted octanol–water partition coefficient (Wildman–Crippen LogP) is 3.39. The van der Waals surface area contributed by atoms with Crippen LogP contribution in [0.1, 0.15) is 63.5 Å². The average Bonchev–Trinajstić information content (AvgIpc) is 2.83. The highest BCUT2D eigenvalue weighted by Gasteiger charge is 2.51. The smallest absolute Gasteiger partial charge is 0.324 e. The summed E-state index contributed by atoms with van der Waals surface area (Å²) >= 11 is 0. The van der Waals surface area contributed by atoms with Crippen LogP contribution in [0.25, 0.3) is 0 Å². The molecule has 1 spiro atoms. The van der Waals surface area contributed by atoms with Gasteiger partial charge in [0.15, 0.2) is 0 Å². The number of hydrogen-bond acceptors (Lipinski definition) is 3. The lowest BCUT2D eigenvalue weighted by molar-refractivity contribution is -0.134. The van der Waals surface area contributed by atoms with E-state index in [0.717, 1.165) is 60.2 Å². The van der Waals surface area contributed by atoms with Gasteiger partial charge in [0.1, 0.15) is 12.1 Å². The molecule has 0 unspecified atom stereocenters. The molecule has 27 heavy (non-hydrogen) atoms. The van der Waals surface area contributed by atoms with Gasteiger partial charge >= 0.3 is 6.03 Å². The fourth-order valence-electron chi connectivity index (χ4n) is 4.22. The molecule has 1 aromatic rings. The van der Waals surface area contributed by atoms with E-state index in [4.69, 9.17) is 0 Å². The molecule has 0 radical (unpaired) electrons. The molecule has 1 aliphatic carbocycles. The molecule has 1 aromatic carbocycles. The minimum atomic E-state index is -0.802. The molecule has 0 aromatic heterocycles. The van der Waals surface area contributed by atoms with E-state index >= 15 is 0 Å². The van der Waals surface area contributed by atoms with Gasteiger partial charge in [0.2, 0.25) is 5.91 Å². The molecule has 3 rings (SSSR count). The lowest BCUT2D eigenvalue weighted by atomic mass is 9.90. The maximum atomic E-state index is 12.9. The van der Waals surface area contributed by atoms with Gasteiger partial charge < -0.3 is 10.6 Å². The van der Waals surface area contributed by atoms with Crippen LogP contribution < -0.4 is 10.6 Å². The Labute approximate surface area is 160 Å². The highest BCUT2D eigenvalue weighted by molar-refractivity contribution is 6.10. The van der Waals surface area contributed by atoms with Crippen molar-refractivity contribution in [3.05, 3.63) is 29.3 Å². The minimum absolute atomic E-state index is 0.242. The molecule has 0 atom stereocenters. The van der Waals surface area contributed by atoms with E-state index in [2.05, 4.69) is 10.6 Å². The van der Waals surface area contributed by atoms with Crippen LogP contribution in [0.2, 0.25) is 0 Å². The molecule has 146 valence electrons. The molecule has 2 fully saturated rings. The number of aryl methyl sites for hydroxylation is 2. The molecule has 1 aliphatic heterocycles. The van der Waals surface area contributed by atoms with E-state index in [-0.39, 0.29) is 18.4 Å². The highest BCUT2D eigenvalue weighted by Crippen LogP contribution is 2.32. The lowest BCUT2D eigenvalue weighted by Gasteiger charge is -2.24. The number of anilines is 1. The number of hydrogen-bond donors (Lipinski definition) is 2. The van der Waals surface area contributed by atoms with Crippen molar-refractivity contribution in [3.8, 4) is 0 Å². The zero-order valence-corrected chi connectivity index (χ0v) is 16.3. The first-order chi connectivity index (χ1) is 13.0.